The highest BCUT2D eigenvalue weighted by molar-refractivity contribution is 5.77. The van der Waals surface area contributed by atoms with E-state index < -0.39 is 0 Å². The van der Waals surface area contributed by atoms with Crippen LogP contribution in [0, 0.1) is 0 Å². The van der Waals surface area contributed by atoms with Crippen LogP contribution < -0.4 is 10.9 Å². The van der Waals surface area contributed by atoms with Crippen molar-refractivity contribution in [2.75, 3.05) is 33.5 Å². The van der Waals surface area contributed by atoms with Crippen LogP contribution in [0.25, 0.3) is 10.9 Å². The van der Waals surface area contributed by atoms with E-state index >= 15 is 0 Å². The van der Waals surface area contributed by atoms with E-state index in [1.165, 1.54) is 0 Å². The first-order chi connectivity index (χ1) is 10.3. The van der Waals surface area contributed by atoms with E-state index in [-0.39, 0.29) is 5.56 Å². The summed E-state index contributed by atoms with van der Waals surface area (Å²) >= 11 is 0. The normalized spacial score (nSPS) is 11.1. The van der Waals surface area contributed by atoms with Crippen molar-refractivity contribution < 1.29 is 9.47 Å². The molecule has 2 N–H and O–H groups in total. The maximum Gasteiger partial charge on any atom is 0.258 e. The fraction of sp³-hybridized carbons (Fsp3) is 0.467. The first-order valence-electron chi connectivity index (χ1n) is 7.06. The van der Waals surface area contributed by atoms with Crippen LogP contribution in [0.4, 0.5) is 0 Å². The molecule has 0 aliphatic rings. The van der Waals surface area contributed by atoms with Crippen molar-refractivity contribution in [1.82, 2.24) is 15.3 Å². The predicted molar refractivity (Wildman–Crippen MR) is 81.4 cm³/mol. The fourth-order valence-corrected chi connectivity index (χ4v) is 1.97. The van der Waals surface area contributed by atoms with Gasteiger partial charge >= 0.3 is 0 Å². The minimum atomic E-state index is -0.0969. The third-order valence-corrected chi connectivity index (χ3v) is 3.03. The van der Waals surface area contributed by atoms with Gasteiger partial charge in [0.25, 0.3) is 5.56 Å². The third-order valence-electron chi connectivity index (χ3n) is 3.03. The number of aromatic nitrogens is 2. The molecule has 0 spiro atoms. The van der Waals surface area contributed by atoms with Crippen molar-refractivity contribution in [2.24, 2.45) is 0 Å². The quantitative estimate of drug-likeness (QED) is 0.676. The molecule has 6 nitrogen and oxygen atoms in total. The molecule has 0 aliphatic heterocycles. The summed E-state index contributed by atoms with van der Waals surface area (Å²) < 4.78 is 10.3. The Bertz CT molecular complexity index is 612. The molecule has 0 radical (unpaired) electrons. The summed E-state index contributed by atoms with van der Waals surface area (Å²) in [5.41, 5.74) is 0.626. The monoisotopic (exact) mass is 291 g/mol. The van der Waals surface area contributed by atoms with Crippen molar-refractivity contribution in [3.63, 3.8) is 0 Å². The predicted octanol–water partition coefficient (Wildman–Crippen LogP) is 1.07. The zero-order chi connectivity index (χ0) is 14.9. The zero-order valence-corrected chi connectivity index (χ0v) is 12.2. The van der Waals surface area contributed by atoms with Crippen LogP contribution in [0.15, 0.2) is 29.1 Å². The van der Waals surface area contributed by atoms with Gasteiger partial charge in [-0.1, -0.05) is 12.1 Å². The van der Waals surface area contributed by atoms with Crippen LogP contribution in [0.1, 0.15) is 12.2 Å². The molecule has 2 aromatic rings. The Hall–Kier alpha value is -1.76. The van der Waals surface area contributed by atoms with Gasteiger partial charge in [0, 0.05) is 13.7 Å². The van der Waals surface area contributed by atoms with E-state index in [0.29, 0.717) is 37.6 Å². The number of nitrogens with one attached hydrogen (secondary N) is 2. The van der Waals surface area contributed by atoms with E-state index in [9.17, 15) is 4.79 Å². The number of para-hydroxylation sites is 1. The van der Waals surface area contributed by atoms with Crippen LogP contribution >= 0.6 is 0 Å². The first-order valence-corrected chi connectivity index (χ1v) is 7.06. The molecule has 0 unspecified atom stereocenters. The second-order valence-electron chi connectivity index (χ2n) is 4.67. The molecule has 1 heterocycles. The first kappa shape index (κ1) is 15.6. The molecule has 0 amide bonds. The van der Waals surface area contributed by atoms with E-state index in [0.717, 1.165) is 18.5 Å². The Kier molecular flexibility index (Phi) is 6.33. The second-order valence-corrected chi connectivity index (χ2v) is 4.67. The summed E-state index contributed by atoms with van der Waals surface area (Å²) in [7, 11) is 1.66. The minimum Gasteiger partial charge on any atom is -0.382 e. The Morgan fingerprint density at radius 2 is 2.10 bits per heavy atom. The van der Waals surface area contributed by atoms with Crippen molar-refractivity contribution >= 4 is 10.9 Å². The van der Waals surface area contributed by atoms with Gasteiger partial charge in [-0.25, -0.2) is 4.98 Å². The van der Waals surface area contributed by atoms with Crippen LogP contribution in [0.5, 0.6) is 0 Å². The summed E-state index contributed by atoms with van der Waals surface area (Å²) in [5, 5.41) is 3.86. The Morgan fingerprint density at radius 1 is 1.24 bits per heavy atom. The molecule has 0 bridgehead atoms. The molecule has 114 valence electrons. The maximum atomic E-state index is 11.9. The third kappa shape index (κ3) is 4.93. The number of methoxy groups -OCH3 is 1. The number of benzene rings is 1. The average Bonchev–Trinajstić information content (AvgIpc) is 2.50. The van der Waals surface area contributed by atoms with Gasteiger partial charge in [-0.15, -0.1) is 0 Å². The van der Waals surface area contributed by atoms with Gasteiger partial charge in [-0.2, -0.15) is 0 Å². The smallest absolute Gasteiger partial charge is 0.258 e. The summed E-state index contributed by atoms with van der Waals surface area (Å²) in [4.78, 5) is 19.1. The SMILES string of the molecule is COCCOCCCNCc1nc2ccccc2c(=O)[nH]1. The number of ether oxygens (including phenoxy) is 2. The van der Waals surface area contributed by atoms with Gasteiger partial charge in [-0.05, 0) is 25.1 Å². The van der Waals surface area contributed by atoms with Gasteiger partial charge in [-0.3, -0.25) is 4.79 Å². The number of hydrogen-bond acceptors (Lipinski definition) is 5. The molecule has 1 aromatic carbocycles. The van der Waals surface area contributed by atoms with E-state index in [2.05, 4.69) is 15.3 Å². The average molecular weight is 291 g/mol. The van der Waals surface area contributed by atoms with Crippen molar-refractivity contribution in [1.29, 1.82) is 0 Å². The molecule has 1 aromatic heterocycles. The number of fused-ring (bicyclic) bond motifs is 1. The van der Waals surface area contributed by atoms with Crippen LogP contribution in [-0.2, 0) is 16.0 Å². The molecule has 0 atom stereocenters. The van der Waals surface area contributed by atoms with E-state index in [1.807, 2.05) is 18.2 Å². The summed E-state index contributed by atoms with van der Waals surface area (Å²) in [6.45, 7) is 3.28. The highest BCUT2D eigenvalue weighted by Gasteiger charge is 2.02. The highest BCUT2D eigenvalue weighted by atomic mass is 16.5. The maximum absolute atomic E-state index is 11.9. The van der Waals surface area contributed by atoms with Crippen LogP contribution in [-0.4, -0.2) is 43.4 Å². The molecular weight excluding hydrogens is 270 g/mol. The number of rotatable bonds is 9. The molecule has 0 saturated heterocycles. The standard InChI is InChI=1S/C15H21N3O3/c1-20-9-10-21-8-4-7-16-11-14-17-13-6-3-2-5-12(13)15(19)18-14/h2-3,5-6,16H,4,7-11H2,1H3,(H,17,18,19). The van der Waals surface area contributed by atoms with Gasteiger partial charge in [0.15, 0.2) is 0 Å². The fourth-order valence-electron chi connectivity index (χ4n) is 1.97. The number of aromatic amines is 1. The Balaban J connectivity index is 1.75. The molecular formula is C15H21N3O3. The van der Waals surface area contributed by atoms with Crippen molar-refractivity contribution in [3.8, 4) is 0 Å². The minimum absolute atomic E-state index is 0.0969. The Labute approximate surface area is 123 Å². The molecule has 2 rings (SSSR count). The lowest BCUT2D eigenvalue weighted by molar-refractivity contribution is 0.0694. The lowest BCUT2D eigenvalue weighted by Gasteiger charge is -2.06. The summed E-state index contributed by atoms with van der Waals surface area (Å²) in [5.74, 6) is 0.652. The zero-order valence-electron chi connectivity index (χ0n) is 12.2. The molecule has 0 fully saturated rings. The molecule has 21 heavy (non-hydrogen) atoms. The molecule has 0 aliphatic carbocycles. The van der Waals surface area contributed by atoms with Gasteiger partial charge in [0.05, 0.1) is 30.7 Å². The summed E-state index contributed by atoms with van der Waals surface area (Å²) in [6.07, 6.45) is 0.904. The van der Waals surface area contributed by atoms with Gasteiger partial charge in [0.1, 0.15) is 5.82 Å². The van der Waals surface area contributed by atoms with Crippen molar-refractivity contribution in [3.05, 3.63) is 40.4 Å². The van der Waals surface area contributed by atoms with Gasteiger partial charge < -0.3 is 19.8 Å². The summed E-state index contributed by atoms with van der Waals surface area (Å²) in [6, 6.07) is 7.33. The second kappa shape index (κ2) is 8.51. The van der Waals surface area contributed by atoms with Crippen LogP contribution in [0.3, 0.4) is 0 Å². The Morgan fingerprint density at radius 3 is 2.95 bits per heavy atom. The van der Waals surface area contributed by atoms with E-state index in [1.54, 1.807) is 13.2 Å². The number of H-pyrrole nitrogens is 1. The molecule has 6 heteroatoms. The largest absolute Gasteiger partial charge is 0.382 e. The lowest BCUT2D eigenvalue weighted by Crippen LogP contribution is -2.21. The topological polar surface area (TPSA) is 76.2 Å². The highest BCUT2D eigenvalue weighted by Crippen LogP contribution is 2.05. The lowest BCUT2D eigenvalue weighted by atomic mass is 10.2. The van der Waals surface area contributed by atoms with Gasteiger partial charge in [0.2, 0.25) is 0 Å². The van der Waals surface area contributed by atoms with Crippen molar-refractivity contribution in [2.45, 2.75) is 13.0 Å². The van der Waals surface area contributed by atoms with Crippen LogP contribution in [0.2, 0.25) is 0 Å². The number of nitrogens with zero attached hydrogens (tertiary/aromatic N) is 1. The number of hydrogen-bond donors (Lipinski definition) is 2. The molecule has 0 saturated carbocycles. The van der Waals surface area contributed by atoms with E-state index in [4.69, 9.17) is 9.47 Å².